The third kappa shape index (κ3) is 5.08. The van der Waals surface area contributed by atoms with Crippen LogP contribution in [0.3, 0.4) is 0 Å². The molecule has 0 radical (unpaired) electrons. The monoisotopic (exact) mass is 427 g/mol. The highest BCUT2D eigenvalue weighted by Crippen LogP contribution is 2.37. The summed E-state index contributed by atoms with van der Waals surface area (Å²) in [5.74, 6) is 0.0854. The van der Waals surface area contributed by atoms with Crippen molar-refractivity contribution in [2.45, 2.75) is 25.8 Å². The summed E-state index contributed by atoms with van der Waals surface area (Å²) in [4.78, 5) is 28.7. The molecule has 164 valence electrons. The molecule has 1 aromatic carbocycles. The second-order valence-electron chi connectivity index (χ2n) is 8.38. The van der Waals surface area contributed by atoms with Crippen molar-refractivity contribution in [2.24, 2.45) is 5.41 Å². The maximum atomic E-state index is 13.5. The molecule has 1 fully saturated rings. The first-order chi connectivity index (χ1) is 15.7. The molecule has 1 atom stereocenters. The van der Waals surface area contributed by atoms with Gasteiger partial charge in [0.05, 0.1) is 11.1 Å². The van der Waals surface area contributed by atoms with Crippen LogP contribution < -0.4 is 5.32 Å². The molecule has 1 N–H and O–H groups in total. The van der Waals surface area contributed by atoms with Crippen molar-refractivity contribution in [3.8, 4) is 11.1 Å². The molecule has 1 aliphatic heterocycles. The molecule has 1 saturated heterocycles. The Balaban J connectivity index is 1.64. The van der Waals surface area contributed by atoms with E-state index in [1.807, 2.05) is 48.9 Å². The van der Waals surface area contributed by atoms with E-state index in [9.17, 15) is 4.79 Å². The van der Waals surface area contributed by atoms with E-state index in [-0.39, 0.29) is 5.91 Å². The standard InChI is InChI=1S/C26H29N5O/c1-2-12-30-25(32)26(11-7-14-31(19-26)18-23-9-5-6-13-29-23)15-21-8-3-4-10-24(21)22-16-27-20-28-17-22/h2-6,8-10,13,16-17,20H,1,7,11-12,14-15,18-19H2,(H,30,32). The molecule has 0 spiro atoms. The number of rotatable bonds is 8. The third-order valence-electron chi connectivity index (χ3n) is 6.07. The molecular weight excluding hydrogens is 398 g/mol. The number of nitrogens with zero attached hydrogens (tertiary/aromatic N) is 4. The summed E-state index contributed by atoms with van der Waals surface area (Å²) < 4.78 is 0. The lowest BCUT2D eigenvalue weighted by atomic mass is 9.73. The summed E-state index contributed by atoms with van der Waals surface area (Å²) in [6.07, 6.45) is 11.2. The molecule has 1 aliphatic rings. The van der Waals surface area contributed by atoms with Crippen molar-refractivity contribution < 1.29 is 4.79 Å². The SMILES string of the molecule is C=CCNC(=O)C1(Cc2ccccc2-c2cncnc2)CCCN(Cc2ccccn2)C1. The van der Waals surface area contributed by atoms with Crippen molar-refractivity contribution in [2.75, 3.05) is 19.6 Å². The molecule has 2 aromatic heterocycles. The Labute approximate surface area is 189 Å². The van der Waals surface area contributed by atoms with E-state index in [0.29, 0.717) is 19.5 Å². The second-order valence-corrected chi connectivity index (χ2v) is 8.38. The van der Waals surface area contributed by atoms with Crippen LogP contribution in [0.2, 0.25) is 0 Å². The van der Waals surface area contributed by atoms with Gasteiger partial charge in [-0.2, -0.15) is 0 Å². The molecule has 32 heavy (non-hydrogen) atoms. The first-order valence-corrected chi connectivity index (χ1v) is 11.0. The fraction of sp³-hybridized carbons (Fsp3) is 0.308. The molecule has 4 rings (SSSR count). The number of carbonyl (C=O) groups excluding carboxylic acids is 1. The predicted octanol–water partition coefficient (Wildman–Crippen LogP) is 3.67. The van der Waals surface area contributed by atoms with Crippen LogP contribution in [0.15, 0.2) is 80.0 Å². The Morgan fingerprint density at radius 1 is 1.16 bits per heavy atom. The van der Waals surface area contributed by atoms with Crippen LogP contribution in [0.4, 0.5) is 0 Å². The van der Waals surface area contributed by atoms with Crippen LogP contribution in [0.25, 0.3) is 11.1 Å². The van der Waals surface area contributed by atoms with Crippen LogP contribution in [-0.4, -0.2) is 45.4 Å². The minimum absolute atomic E-state index is 0.0854. The van der Waals surface area contributed by atoms with Crippen LogP contribution in [-0.2, 0) is 17.8 Å². The first-order valence-electron chi connectivity index (χ1n) is 11.0. The van der Waals surface area contributed by atoms with E-state index in [1.165, 1.54) is 6.33 Å². The van der Waals surface area contributed by atoms with Gasteiger partial charge in [-0.15, -0.1) is 6.58 Å². The van der Waals surface area contributed by atoms with E-state index in [2.05, 4.69) is 43.9 Å². The number of hydrogen-bond donors (Lipinski definition) is 1. The van der Waals surface area contributed by atoms with Gasteiger partial charge in [0.15, 0.2) is 0 Å². The summed E-state index contributed by atoms with van der Waals surface area (Å²) in [5, 5.41) is 3.08. The number of piperidine rings is 1. The summed E-state index contributed by atoms with van der Waals surface area (Å²) in [5.41, 5.74) is 3.67. The molecular formula is C26H29N5O. The molecule has 1 unspecified atom stereocenters. The van der Waals surface area contributed by atoms with Gasteiger partial charge in [-0.05, 0) is 49.1 Å². The Morgan fingerprint density at radius 3 is 2.75 bits per heavy atom. The zero-order valence-corrected chi connectivity index (χ0v) is 18.3. The quantitative estimate of drug-likeness (QED) is 0.556. The van der Waals surface area contributed by atoms with Gasteiger partial charge < -0.3 is 5.32 Å². The Kier molecular flexibility index (Phi) is 7.02. The van der Waals surface area contributed by atoms with Gasteiger partial charge in [-0.1, -0.05) is 36.4 Å². The number of nitrogens with one attached hydrogen (secondary N) is 1. The lowest BCUT2D eigenvalue weighted by Crippen LogP contribution is -2.53. The average Bonchev–Trinajstić information content (AvgIpc) is 2.84. The van der Waals surface area contributed by atoms with Gasteiger partial charge in [-0.3, -0.25) is 14.7 Å². The first kappa shape index (κ1) is 21.8. The van der Waals surface area contributed by atoms with Gasteiger partial charge in [0.1, 0.15) is 6.33 Å². The summed E-state index contributed by atoms with van der Waals surface area (Å²) in [6, 6.07) is 14.2. The molecule has 0 bridgehead atoms. The zero-order valence-electron chi connectivity index (χ0n) is 18.3. The largest absolute Gasteiger partial charge is 0.352 e. The number of pyridine rings is 1. The van der Waals surface area contributed by atoms with Crippen LogP contribution in [0.1, 0.15) is 24.1 Å². The van der Waals surface area contributed by atoms with E-state index in [4.69, 9.17) is 0 Å². The highest BCUT2D eigenvalue weighted by molar-refractivity contribution is 5.84. The number of amides is 1. The molecule has 0 aliphatic carbocycles. The van der Waals surface area contributed by atoms with Crippen LogP contribution >= 0.6 is 0 Å². The number of carbonyl (C=O) groups is 1. The summed E-state index contributed by atoms with van der Waals surface area (Å²) in [7, 11) is 0. The van der Waals surface area contributed by atoms with Gasteiger partial charge in [0.25, 0.3) is 0 Å². The number of likely N-dealkylation sites (tertiary alicyclic amines) is 1. The van der Waals surface area contributed by atoms with Crippen LogP contribution in [0, 0.1) is 5.41 Å². The maximum Gasteiger partial charge on any atom is 0.228 e. The summed E-state index contributed by atoms with van der Waals surface area (Å²) >= 11 is 0. The summed E-state index contributed by atoms with van der Waals surface area (Å²) in [6.45, 7) is 6.62. The molecule has 3 aromatic rings. The number of aromatic nitrogens is 3. The minimum atomic E-state index is -0.526. The fourth-order valence-electron chi connectivity index (χ4n) is 4.60. The number of benzene rings is 1. The van der Waals surface area contributed by atoms with Gasteiger partial charge in [-0.25, -0.2) is 9.97 Å². The van der Waals surface area contributed by atoms with Crippen molar-refractivity contribution in [3.05, 3.63) is 91.3 Å². The molecule has 6 heteroatoms. The van der Waals surface area contributed by atoms with Gasteiger partial charge in [0, 0.05) is 43.8 Å². The highest BCUT2D eigenvalue weighted by atomic mass is 16.2. The lowest BCUT2D eigenvalue weighted by molar-refractivity contribution is -0.134. The van der Waals surface area contributed by atoms with E-state index in [0.717, 1.165) is 48.3 Å². The topological polar surface area (TPSA) is 71.0 Å². The van der Waals surface area contributed by atoms with Gasteiger partial charge in [0.2, 0.25) is 5.91 Å². The molecule has 1 amide bonds. The average molecular weight is 428 g/mol. The number of hydrogen-bond acceptors (Lipinski definition) is 5. The minimum Gasteiger partial charge on any atom is -0.352 e. The van der Waals surface area contributed by atoms with Crippen molar-refractivity contribution >= 4 is 5.91 Å². The van der Waals surface area contributed by atoms with E-state index < -0.39 is 5.41 Å². The Morgan fingerprint density at radius 2 is 1.97 bits per heavy atom. The van der Waals surface area contributed by atoms with Crippen LogP contribution in [0.5, 0.6) is 0 Å². The third-order valence-corrected chi connectivity index (χ3v) is 6.07. The highest BCUT2D eigenvalue weighted by Gasteiger charge is 2.42. The van der Waals surface area contributed by atoms with Crippen molar-refractivity contribution in [1.29, 1.82) is 0 Å². The van der Waals surface area contributed by atoms with E-state index >= 15 is 0 Å². The predicted molar refractivity (Wildman–Crippen MR) is 126 cm³/mol. The second kappa shape index (κ2) is 10.3. The maximum absolute atomic E-state index is 13.5. The van der Waals surface area contributed by atoms with E-state index in [1.54, 1.807) is 6.08 Å². The zero-order chi connectivity index (χ0) is 22.2. The normalized spacial score (nSPS) is 18.8. The smallest absolute Gasteiger partial charge is 0.228 e. The Bertz CT molecular complexity index is 1040. The molecule has 3 heterocycles. The van der Waals surface area contributed by atoms with Crippen molar-refractivity contribution in [3.63, 3.8) is 0 Å². The van der Waals surface area contributed by atoms with Crippen molar-refractivity contribution in [1.82, 2.24) is 25.2 Å². The lowest BCUT2D eigenvalue weighted by Gasteiger charge is -2.42. The molecule has 0 saturated carbocycles. The molecule has 6 nitrogen and oxygen atoms in total. The Hall–Kier alpha value is -3.38. The fourth-order valence-corrected chi connectivity index (χ4v) is 4.60. The van der Waals surface area contributed by atoms with Gasteiger partial charge >= 0.3 is 0 Å².